The van der Waals surface area contributed by atoms with E-state index in [9.17, 15) is 4.39 Å². The van der Waals surface area contributed by atoms with Gasteiger partial charge >= 0.3 is 0 Å². The van der Waals surface area contributed by atoms with Gasteiger partial charge in [0.15, 0.2) is 11.6 Å². The molecule has 0 saturated heterocycles. The molecule has 0 amide bonds. The molecule has 0 N–H and O–H groups in total. The topological polar surface area (TPSA) is 33.0 Å². The average molecular weight is 262 g/mol. The monoisotopic (exact) mass is 261 g/mol. The van der Waals surface area contributed by atoms with Crippen molar-refractivity contribution in [2.45, 2.75) is 6.61 Å². The second-order valence-electron chi connectivity index (χ2n) is 3.66. The largest absolute Gasteiger partial charge is 0.484 e. The molecule has 4 heteroatoms. The number of nitrogens with zero attached hydrogens (tertiary/aromatic N) is 1. The molecule has 2 aromatic rings. The van der Waals surface area contributed by atoms with Crippen LogP contribution in [-0.2, 0) is 6.61 Å². The summed E-state index contributed by atoms with van der Waals surface area (Å²) >= 11 is 5.86. The van der Waals surface area contributed by atoms with Gasteiger partial charge < -0.3 is 4.74 Å². The van der Waals surface area contributed by atoms with Crippen LogP contribution in [0.2, 0.25) is 5.02 Å². The van der Waals surface area contributed by atoms with Crippen molar-refractivity contribution in [1.82, 2.24) is 0 Å². The van der Waals surface area contributed by atoms with Crippen LogP contribution in [0, 0.1) is 17.1 Å². The molecule has 2 nitrogen and oxygen atoms in total. The summed E-state index contributed by atoms with van der Waals surface area (Å²) in [4.78, 5) is 0. The van der Waals surface area contributed by atoms with Crippen LogP contribution in [0.25, 0.3) is 0 Å². The summed E-state index contributed by atoms with van der Waals surface area (Å²) in [5, 5.41) is 8.77. The minimum atomic E-state index is -0.630. The molecular weight excluding hydrogens is 253 g/mol. The Morgan fingerprint density at radius 1 is 1.22 bits per heavy atom. The van der Waals surface area contributed by atoms with Crippen molar-refractivity contribution in [3.63, 3.8) is 0 Å². The zero-order valence-electron chi connectivity index (χ0n) is 9.36. The van der Waals surface area contributed by atoms with Crippen LogP contribution in [0.3, 0.4) is 0 Å². The van der Waals surface area contributed by atoms with Crippen molar-refractivity contribution in [2.24, 2.45) is 0 Å². The number of hydrogen-bond acceptors (Lipinski definition) is 2. The fraction of sp³-hybridized carbons (Fsp3) is 0.0714. The van der Waals surface area contributed by atoms with E-state index in [2.05, 4.69) is 0 Å². The predicted octanol–water partition coefficient (Wildman–Crippen LogP) is 3.93. The maximum atomic E-state index is 13.6. The number of rotatable bonds is 3. The standard InChI is InChI=1S/C14H9ClFNO/c15-12-6-11(8-17)7-13(16)14(12)18-9-10-4-2-1-3-5-10/h1-7H,9H2. The lowest BCUT2D eigenvalue weighted by atomic mass is 10.2. The highest BCUT2D eigenvalue weighted by molar-refractivity contribution is 6.32. The summed E-state index contributed by atoms with van der Waals surface area (Å²) in [5.41, 5.74) is 1.09. The van der Waals surface area contributed by atoms with Crippen molar-refractivity contribution in [2.75, 3.05) is 0 Å². The molecular formula is C14H9ClFNO. The van der Waals surface area contributed by atoms with Gasteiger partial charge in [0, 0.05) is 0 Å². The van der Waals surface area contributed by atoms with Gasteiger partial charge in [-0.3, -0.25) is 0 Å². The van der Waals surface area contributed by atoms with Gasteiger partial charge in [0.25, 0.3) is 0 Å². The van der Waals surface area contributed by atoms with E-state index in [1.807, 2.05) is 36.4 Å². The predicted molar refractivity (Wildman–Crippen MR) is 66.9 cm³/mol. The fourth-order valence-electron chi connectivity index (χ4n) is 1.49. The molecule has 0 unspecified atom stereocenters. The van der Waals surface area contributed by atoms with Crippen molar-refractivity contribution < 1.29 is 9.13 Å². The molecule has 0 atom stereocenters. The lowest BCUT2D eigenvalue weighted by molar-refractivity contribution is 0.290. The first kappa shape index (κ1) is 12.4. The maximum Gasteiger partial charge on any atom is 0.174 e. The Hall–Kier alpha value is -2.05. The number of ether oxygens (including phenoxy) is 1. The second kappa shape index (κ2) is 5.52. The van der Waals surface area contributed by atoms with E-state index in [4.69, 9.17) is 21.6 Å². The highest BCUT2D eigenvalue weighted by Crippen LogP contribution is 2.29. The van der Waals surface area contributed by atoms with E-state index in [0.717, 1.165) is 11.6 Å². The van der Waals surface area contributed by atoms with E-state index in [1.54, 1.807) is 0 Å². The third kappa shape index (κ3) is 2.79. The molecule has 0 aliphatic heterocycles. The summed E-state index contributed by atoms with van der Waals surface area (Å²) in [6.07, 6.45) is 0. The zero-order chi connectivity index (χ0) is 13.0. The first-order chi connectivity index (χ1) is 8.70. The highest BCUT2D eigenvalue weighted by Gasteiger charge is 2.11. The van der Waals surface area contributed by atoms with E-state index in [0.29, 0.717) is 0 Å². The summed E-state index contributed by atoms with van der Waals surface area (Å²) in [6.45, 7) is 0.226. The van der Waals surface area contributed by atoms with Gasteiger partial charge in [-0.15, -0.1) is 0 Å². The normalized spacial score (nSPS) is 9.83. The van der Waals surface area contributed by atoms with Crippen LogP contribution in [0.4, 0.5) is 4.39 Å². The number of halogens is 2. The number of benzene rings is 2. The van der Waals surface area contributed by atoms with Crippen LogP contribution in [0.15, 0.2) is 42.5 Å². The van der Waals surface area contributed by atoms with Crippen LogP contribution in [-0.4, -0.2) is 0 Å². The van der Waals surface area contributed by atoms with Gasteiger partial charge in [-0.1, -0.05) is 41.9 Å². The van der Waals surface area contributed by atoms with Gasteiger partial charge in [-0.25, -0.2) is 4.39 Å². The first-order valence-electron chi connectivity index (χ1n) is 5.26. The minimum absolute atomic E-state index is 0.0282. The van der Waals surface area contributed by atoms with Crippen LogP contribution < -0.4 is 4.74 Å². The quantitative estimate of drug-likeness (QED) is 0.839. The molecule has 0 saturated carbocycles. The molecule has 0 spiro atoms. The maximum absolute atomic E-state index is 13.6. The van der Waals surface area contributed by atoms with Crippen LogP contribution in [0.1, 0.15) is 11.1 Å². The Morgan fingerprint density at radius 3 is 2.56 bits per heavy atom. The molecule has 2 aromatic carbocycles. The Balaban J connectivity index is 2.18. The first-order valence-corrected chi connectivity index (χ1v) is 5.64. The average Bonchev–Trinajstić information content (AvgIpc) is 2.38. The van der Waals surface area contributed by atoms with Crippen molar-refractivity contribution in [1.29, 1.82) is 5.26 Å². The fourth-order valence-corrected chi connectivity index (χ4v) is 1.75. The van der Waals surface area contributed by atoms with Crippen LogP contribution in [0.5, 0.6) is 5.75 Å². The van der Waals surface area contributed by atoms with Crippen molar-refractivity contribution in [3.05, 3.63) is 64.4 Å². The van der Waals surface area contributed by atoms with Gasteiger partial charge in [0.2, 0.25) is 0 Å². The van der Waals surface area contributed by atoms with Gasteiger partial charge in [0.05, 0.1) is 16.7 Å². The zero-order valence-corrected chi connectivity index (χ0v) is 10.1. The Kier molecular flexibility index (Phi) is 3.81. The SMILES string of the molecule is N#Cc1cc(F)c(OCc2ccccc2)c(Cl)c1. The van der Waals surface area contributed by atoms with Gasteiger partial charge in [0.1, 0.15) is 6.61 Å². The van der Waals surface area contributed by atoms with Gasteiger partial charge in [-0.05, 0) is 17.7 Å². The molecule has 0 bridgehead atoms. The second-order valence-corrected chi connectivity index (χ2v) is 4.06. The Morgan fingerprint density at radius 2 is 1.94 bits per heavy atom. The molecule has 0 heterocycles. The summed E-state index contributed by atoms with van der Waals surface area (Å²) in [5.74, 6) is -0.658. The molecule has 0 aliphatic rings. The van der Waals surface area contributed by atoms with Crippen LogP contribution >= 0.6 is 11.6 Å². The lowest BCUT2D eigenvalue weighted by Gasteiger charge is -2.09. The van der Waals surface area contributed by atoms with E-state index < -0.39 is 5.82 Å². The number of hydrogen-bond donors (Lipinski definition) is 0. The molecule has 0 fully saturated rings. The van der Waals surface area contributed by atoms with Gasteiger partial charge in [-0.2, -0.15) is 5.26 Å². The molecule has 90 valence electrons. The summed E-state index contributed by atoms with van der Waals surface area (Å²) in [7, 11) is 0. The van der Waals surface area contributed by atoms with Crippen molar-refractivity contribution in [3.8, 4) is 11.8 Å². The molecule has 0 radical (unpaired) electrons. The Bertz CT molecular complexity index is 569. The van der Waals surface area contributed by atoms with E-state index in [-0.39, 0.29) is 22.9 Å². The summed E-state index contributed by atoms with van der Waals surface area (Å²) in [6, 6.07) is 13.7. The smallest absolute Gasteiger partial charge is 0.174 e. The molecule has 0 aliphatic carbocycles. The van der Waals surface area contributed by atoms with E-state index in [1.165, 1.54) is 6.07 Å². The molecule has 2 rings (SSSR count). The van der Waals surface area contributed by atoms with E-state index >= 15 is 0 Å². The molecule has 0 aromatic heterocycles. The third-order valence-electron chi connectivity index (χ3n) is 2.35. The highest BCUT2D eigenvalue weighted by atomic mass is 35.5. The third-order valence-corrected chi connectivity index (χ3v) is 2.63. The van der Waals surface area contributed by atoms with Crippen molar-refractivity contribution >= 4 is 11.6 Å². The molecule has 18 heavy (non-hydrogen) atoms. The number of nitriles is 1. The Labute approximate surface area is 109 Å². The summed E-state index contributed by atoms with van der Waals surface area (Å²) < 4.78 is 19.0. The minimum Gasteiger partial charge on any atom is -0.484 e. The lowest BCUT2D eigenvalue weighted by Crippen LogP contribution is -1.98.